The van der Waals surface area contributed by atoms with Crippen LogP contribution in [0.5, 0.6) is 0 Å². The molecule has 2 aromatic rings. The summed E-state index contributed by atoms with van der Waals surface area (Å²) in [7, 11) is 0. The van der Waals surface area contributed by atoms with Crippen molar-refractivity contribution in [1.29, 1.82) is 0 Å². The van der Waals surface area contributed by atoms with Crippen LogP contribution in [-0.4, -0.2) is 16.6 Å². The number of aryl methyl sites for hydroxylation is 1. The highest BCUT2D eigenvalue weighted by Crippen LogP contribution is 2.28. The normalized spacial score (nSPS) is 11.1. The van der Waals surface area contributed by atoms with Crippen molar-refractivity contribution < 1.29 is 4.74 Å². The average molecular weight is 243 g/mol. The molecule has 15 heavy (non-hydrogen) atoms. The molecule has 0 N–H and O–H groups in total. The lowest BCUT2D eigenvalue weighted by atomic mass is 10.4. The maximum absolute atomic E-state index is 6.05. The highest BCUT2D eigenvalue weighted by molar-refractivity contribution is 7.18. The Kier molecular flexibility index (Phi) is 3.19. The first-order valence-electron chi connectivity index (χ1n) is 4.71. The molecule has 0 saturated heterocycles. The number of fused-ring (bicyclic) bond motifs is 1. The number of nitrogens with zero attached hydrogens (tertiary/aromatic N) is 2. The summed E-state index contributed by atoms with van der Waals surface area (Å²) in [5.41, 5.74) is 0. The molecule has 0 amide bonds. The predicted molar refractivity (Wildman–Crippen MR) is 62.5 cm³/mol. The lowest BCUT2D eigenvalue weighted by Gasteiger charge is -2.00. The quantitative estimate of drug-likeness (QED) is 0.776. The Balaban J connectivity index is 2.42. The van der Waals surface area contributed by atoms with Gasteiger partial charge < -0.3 is 4.74 Å². The first-order chi connectivity index (χ1) is 7.20. The van der Waals surface area contributed by atoms with Crippen molar-refractivity contribution in [3.05, 3.63) is 21.9 Å². The van der Waals surface area contributed by atoms with E-state index in [2.05, 4.69) is 9.97 Å². The molecule has 0 bridgehead atoms. The van der Waals surface area contributed by atoms with Crippen LogP contribution < -0.4 is 0 Å². The van der Waals surface area contributed by atoms with Gasteiger partial charge in [-0.2, -0.15) is 0 Å². The van der Waals surface area contributed by atoms with Crippen molar-refractivity contribution in [3.63, 3.8) is 0 Å². The fourth-order valence-electron chi connectivity index (χ4n) is 1.31. The van der Waals surface area contributed by atoms with Crippen LogP contribution in [0.15, 0.2) is 6.07 Å². The Labute approximate surface area is 97.1 Å². The Morgan fingerprint density at radius 2 is 2.27 bits per heavy atom. The molecule has 0 aromatic carbocycles. The Morgan fingerprint density at radius 3 is 3.00 bits per heavy atom. The largest absolute Gasteiger partial charge is 0.374 e. The molecule has 3 nitrogen and oxygen atoms in total. The van der Waals surface area contributed by atoms with Crippen LogP contribution in [0.25, 0.3) is 10.2 Å². The van der Waals surface area contributed by atoms with Crippen molar-refractivity contribution in [2.75, 3.05) is 6.61 Å². The van der Waals surface area contributed by atoms with E-state index in [4.69, 9.17) is 16.3 Å². The lowest BCUT2D eigenvalue weighted by Crippen LogP contribution is -1.98. The Bertz CT molecular complexity index is 483. The minimum Gasteiger partial charge on any atom is -0.374 e. The van der Waals surface area contributed by atoms with E-state index in [-0.39, 0.29) is 0 Å². The van der Waals surface area contributed by atoms with Crippen molar-refractivity contribution in [1.82, 2.24) is 9.97 Å². The van der Waals surface area contributed by atoms with E-state index in [1.807, 2.05) is 19.9 Å². The highest BCUT2D eigenvalue weighted by atomic mass is 35.5. The summed E-state index contributed by atoms with van der Waals surface area (Å²) >= 11 is 7.68. The molecule has 2 rings (SSSR count). The molecule has 2 aromatic heterocycles. The molecule has 0 aliphatic carbocycles. The van der Waals surface area contributed by atoms with Crippen LogP contribution in [0, 0.1) is 6.92 Å². The zero-order chi connectivity index (χ0) is 10.8. The van der Waals surface area contributed by atoms with Crippen molar-refractivity contribution >= 4 is 33.2 Å². The number of halogens is 1. The van der Waals surface area contributed by atoms with E-state index < -0.39 is 0 Å². The van der Waals surface area contributed by atoms with Gasteiger partial charge >= 0.3 is 0 Å². The van der Waals surface area contributed by atoms with Gasteiger partial charge in [0.15, 0.2) is 5.82 Å². The lowest BCUT2D eigenvalue weighted by molar-refractivity contribution is 0.128. The summed E-state index contributed by atoms with van der Waals surface area (Å²) < 4.78 is 5.25. The second kappa shape index (κ2) is 4.43. The van der Waals surface area contributed by atoms with Gasteiger partial charge in [-0.15, -0.1) is 11.3 Å². The minimum atomic E-state index is 0.420. The van der Waals surface area contributed by atoms with Gasteiger partial charge in [0.05, 0.1) is 0 Å². The summed E-state index contributed by atoms with van der Waals surface area (Å²) in [6, 6.07) is 2.01. The molecule has 0 spiro atoms. The maximum Gasteiger partial charge on any atom is 0.157 e. The van der Waals surface area contributed by atoms with Crippen LogP contribution in [0.4, 0.5) is 0 Å². The van der Waals surface area contributed by atoms with E-state index >= 15 is 0 Å². The van der Waals surface area contributed by atoms with Crippen LogP contribution in [0.3, 0.4) is 0 Å². The summed E-state index contributed by atoms with van der Waals surface area (Å²) in [6.07, 6.45) is 0. The standard InChI is InChI=1S/C10H11ClN2OS/c1-3-14-5-8-12-9(11)7-4-6(2)15-10(7)13-8/h4H,3,5H2,1-2H3. The van der Waals surface area contributed by atoms with Crippen LogP contribution in [0.2, 0.25) is 5.15 Å². The first-order valence-corrected chi connectivity index (χ1v) is 5.90. The van der Waals surface area contributed by atoms with E-state index in [1.165, 1.54) is 4.88 Å². The number of rotatable bonds is 3. The zero-order valence-corrected chi connectivity index (χ0v) is 10.2. The van der Waals surface area contributed by atoms with Crippen LogP contribution >= 0.6 is 22.9 Å². The molecule has 5 heteroatoms. The third-order valence-corrected chi connectivity index (χ3v) is 3.18. The number of hydrogen-bond donors (Lipinski definition) is 0. The van der Waals surface area contributed by atoms with E-state index in [1.54, 1.807) is 11.3 Å². The zero-order valence-electron chi connectivity index (χ0n) is 8.58. The number of aromatic nitrogens is 2. The fraction of sp³-hybridized carbons (Fsp3) is 0.400. The molecule has 0 aliphatic rings. The van der Waals surface area contributed by atoms with Crippen LogP contribution in [0.1, 0.15) is 17.6 Å². The van der Waals surface area contributed by atoms with Gasteiger partial charge in [-0.1, -0.05) is 11.6 Å². The molecule has 0 saturated carbocycles. The first kappa shape index (κ1) is 10.8. The minimum absolute atomic E-state index is 0.420. The maximum atomic E-state index is 6.05. The second-order valence-corrected chi connectivity index (χ2v) is 4.74. The molecule has 0 aliphatic heterocycles. The molecule has 80 valence electrons. The fourth-order valence-corrected chi connectivity index (χ4v) is 2.50. The monoisotopic (exact) mass is 242 g/mol. The van der Waals surface area contributed by atoms with Gasteiger partial charge in [-0.3, -0.25) is 0 Å². The van der Waals surface area contributed by atoms with E-state index in [0.717, 1.165) is 10.2 Å². The van der Waals surface area contributed by atoms with Gasteiger partial charge in [-0.25, -0.2) is 9.97 Å². The molecule has 0 unspecified atom stereocenters. The number of hydrogen-bond acceptors (Lipinski definition) is 4. The van der Waals surface area contributed by atoms with Gasteiger partial charge in [0.2, 0.25) is 0 Å². The molecule has 0 radical (unpaired) electrons. The van der Waals surface area contributed by atoms with Gasteiger partial charge in [0.1, 0.15) is 16.6 Å². The third kappa shape index (κ3) is 2.27. The Hall–Kier alpha value is -0.710. The topological polar surface area (TPSA) is 35.0 Å². The summed E-state index contributed by atoms with van der Waals surface area (Å²) in [6.45, 7) is 5.05. The Morgan fingerprint density at radius 1 is 1.47 bits per heavy atom. The number of thiophene rings is 1. The highest BCUT2D eigenvalue weighted by Gasteiger charge is 2.08. The molecular formula is C10H11ClN2OS. The molecule has 0 fully saturated rings. The summed E-state index contributed by atoms with van der Waals surface area (Å²) in [5, 5.41) is 1.44. The van der Waals surface area contributed by atoms with Gasteiger partial charge in [-0.05, 0) is 19.9 Å². The predicted octanol–water partition coefficient (Wildman–Crippen LogP) is 3.19. The van der Waals surface area contributed by atoms with E-state index in [0.29, 0.717) is 24.2 Å². The van der Waals surface area contributed by atoms with Gasteiger partial charge in [0.25, 0.3) is 0 Å². The van der Waals surface area contributed by atoms with Crippen LogP contribution in [-0.2, 0) is 11.3 Å². The second-order valence-electron chi connectivity index (χ2n) is 3.14. The van der Waals surface area contributed by atoms with Crippen molar-refractivity contribution in [2.45, 2.75) is 20.5 Å². The molecule has 0 atom stereocenters. The SMILES string of the molecule is CCOCc1nc(Cl)c2cc(C)sc2n1. The summed E-state index contributed by atoms with van der Waals surface area (Å²) in [5.74, 6) is 0.649. The summed E-state index contributed by atoms with van der Waals surface area (Å²) in [4.78, 5) is 10.7. The average Bonchev–Trinajstić information content (AvgIpc) is 2.56. The molecule has 2 heterocycles. The third-order valence-electron chi connectivity index (χ3n) is 1.95. The number of ether oxygens (including phenoxy) is 1. The smallest absolute Gasteiger partial charge is 0.157 e. The van der Waals surface area contributed by atoms with Crippen molar-refractivity contribution in [3.8, 4) is 0 Å². The van der Waals surface area contributed by atoms with Gasteiger partial charge in [0, 0.05) is 16.9 Å². The van der Waals surface area contributed by atoms with Crippen molar-refractivity contribution in [2.24, 2.45) is 0 Å². The molecular weight excluding hydrogens is 232 g/mol. The van der Waals surface area contributed by atoms with E-state index in [9.17, 15) is 0 Å².